The van der Waals surface area contributed by atoms with Crippen LogP contribution in [0, 0.1) is 11.7 Å². The van der Waals surface area contributed by atoms with Gasteiger partial charge in [0.05, 0.1) is 30.0 Å². The number of amides is 2. The van der Waals surface area contributed by atoms with Crippen molar-refractivity contribution in [1.29, 1.82) is 0 Å². The van der Waals surface area contributed by atoms with Crippen LogP contribution in [-0.2, 0) is 4.79 Å². The summed E-state index contributed by atoms with van der Waals surface area (Å²) in [5.41, 5.74) is 5.70. The van der Waals surface area contributed by atoms with Gasteiger partial charge in [-0.3, -0.25) is 14.5 Å². The van der Waals surface area contributed by atoms with Gasteiger partial charge < -0.3 is 26.2 Å². The van der Waals surface area contributed by atoms with Crippen LogP contribution in [0.1, 0.15) is 113 Å². The summed E-state index contributed by atoms with van der Waals surface area (Å²) < 4.78 is 32.5. The summed E-state index contributed by atoms with van der Waals surface area (Å²) in [6.07, 6.45) is 17.6. The Morgan fingerprint density at radius 2 is 1.50 bits per heavy atom. The molecule has 3 unspecified atom stereocenters. The van der Waals surface area contributed by atoms with Crippen LogP contribution in [-0.4, -0.2) is 117 Å². The number of fused-ring (bicyclic) bond motifs is 1. The molecule has 7 rings (SSSR count). The van der Waals surface area contributed by atoms with Gasteiger partial charge in [-0.25, -0.2) is 18.3 Å². The number of nitrogens with two attached hydrogens (primary N) is 1. The van der Waals surface area contributed by atoms with Gasteiger partial charge in [0.25, 0.3) is 5.91 Å². The van der Waals surface area contributed by atoms with Crippen molar-refractivity contribution in [2.75, 3.05) is 51.5 Å². The molecule has 4 aliphatic heterocycles. The second-order valence-corrected chi connectivity index (χ2v) is 15.7. The molecule has 5 aliphatic rings. The Hall–Kier alpha value is -2.90. The van der Waals surface area contributed by atoms with E-state index in [2.05, 4.69) is 35.4 Å². The molecule has 4 saturated heterocycles. The van der Waals surface area contributed by atoms with Crippen molar-refractivity contribution in [2.45, 2.75) is 133 Å². The van der Waals surface area contributed by atoms with E-state index in [4.69, 9.17) is 5.73 Å². The minimum absolute atomic E-state index is 0.0548. The first-order chi connectivity index (χ1) is 24.3. The minimum atomic E-state index is -1.21. The Morgan fingerprint density at radius 3 is 2.18 bits per heavy atom. The zero-order valence-electron chi connectivity index (χ0n) is 29.6. The number of nitrogens with one attached hydrogen (secondary N) is 2. The average Bonchev–Trinajstić information content (AvgIpc) is 3.47. The molecule has 11 nitrogen and oxygen atoms in total. The van der Waals surface area contributed by atoms with Crippen LogP contribution < -0.4 is 16.4 Å². The summed E-state index contributed by atoms with van der Waals surface area (Å²) in [6, 6.07) is -0.514. The molecule has 276 valence electrons. The van der Waals surface area contributed by atoms with Gasteiger partial charge in [0, 0.05) is 31.6 Å². The van der Waals surface area contributed by atoms with Crippen LogP contribution in [0.15, 0.2) is 12.4 Å². The Labute approximate surface area is 295 Å². The number of hydrogen-bond acceptors (Lipinski definition) is 8. The van der Waals surface area contributed by atoms with Crippen LogP contribution in [0.25, 0.3) is 5.65 Å². The number of carbonyl (C=O) groups is 2. The molecule has 1 spiro atoms. The van der Waals surface area contributed by atoms with E-state index in [1.807, 2.05) is 0 Å². The maximum absolute atomic E-state index is 17.4. The van der Waals surface area contributed by atoms with E-state index in [0.717, 1.165) is 76.8 Å². The van der Waals surface area contributed by atoms with Crippen molar-refractivity contribution in [3.05, 3.63) is 23.8 Å². The Bertz CT molecular complexity index is 1460. The van der Waals surface area contributed by atoms with Crippen LogP contribution >= 0.6 is 0 Å². The van der Waals surface area contributed by atoms with E-state index in [1.165, 1.54) is 56.1 Å². The molecule has 1 aliphatic carbocycles. The number of likely N-dealkylation sites (tertiary alicyclic amines) is 3. The first kappa shape index (κ1) is 35.5. The fourth-order valence-corrected chi connectivity index (χ4v) is 9.81. The zero-order valence-corrected chi connectivity index (χ0v) is 29.6. The molecule has 2 aromatic heterocycles. The molecule has 3 atom stereocenters. The van der Waals surface area contributed by atoms with Gasteiger partial charge in [0.1, 0.15) is 11.7 Å². The second kappa shape index (κ2) is 15.8. The summed E-state index contributed by atoms with van der Waals surface area (Å²) in [5.74, 6) is -0.951. The zero-order chi connectivity index (χ0) is 34.7. The fourth-order valence-electron chi connectivity index (χ4n) is 9.81. The Kier molecular flexibility index (Phi) is 11.2. The first-order valence-corrected chi connectivity index (χ1v) is 19.6. The molecule has 4 N–H and O–H groups in total. The fraction of sp³-hybridized carbons (Fsp3) is 0.784. The highest BCUT2D eigenvalue weighted by atomic mass is 19.1. The molecule has 50 heavy (non-hydrogen) atoms. The third-order valence-corrected chi connectivity index (χ3v) is 12.7. The molecule has 6 heterocycles. The van der Waals surface area contributed by atoms with Gasteiger partial charge in [-0.15, -0.1) is 5.10 Å². The summed E-state index contributed by atoms with van der Waals surface area (Å²) in [4.78, 5) is 38.6. The van der Waals surface area contributed by atoms with Crippen molar-refractivity contribution < 1.29 is 18.4 Å². The summed E-state index contributed by atoms with van der Waals surface area (Å²) >= 11 is 0. The maximum Gasteiger partial charge on any atom is 0.259 e. The van der Waals surface area contributed by atoms with Gasteiger partial charge in [-0.2, -0.15) is 0 Å². The number of carbonyl (C=O) groups excluding carboxylic acids is 2. The molecule has 0 bridgehead atoms. The quantitative estimate of drug-likeness (QED) is 0.423. The number of hydrogen-bond donors (Lipinski definition) is 3. The highest BCUT2D eigenvalue weighted by Crippen LogP contribution is 2.38. The van der Waals surface area contributed by atoms with E-state index in [0.29, 0.717) is 38.5 Å². The largest absolute Gasteiger partial charge is 0.381 e. The number of rotatable bonds is 5. The van der Waals surface area contributed by atoms with Crippen LogP contribution in [0.5, 0.6) is 0 Å². The normalized spacial score (nSPS) is 28.5. The van der Waals surface area contributed by atoms with Gasteiger partial charge in [-0.05, 0) is 77.5 Å². The predicted molar refractivity (Wildman–Crippen MR) is 189 cm³/mol. The van der Waals surface area contributed by atoms with E-state index >= 15 is 4.39 Å². The van der Waals surface area contributed by atoms with Crippen molar-refractivity contribution in [2.24, 2.45) is 5.92 Å². The summed E-state index contributed by atoms with van der Waals surface area (Å²) in [6.45, 7) is 5.66. The molecule has 0 radical (unpaired) electrons. The number of nitrogen functional groups attached to an aromatic ring is 1. The van der Waals surface area contributed by atoms with Crippen LogP contribution in [0.3, 0.4) is 0 Å². The monoisotopic (exact) mass is 697 g/mol. The predicted octanol–water partition coefficient (Wildman–Crippen LogP) is 4.31. The molecule has 0 aromatic carbocycles. The van der Waals surface area contributed by atoms with E-state index < -0.39 is 35.5 Å². The lowest BCUT2D eigenvalue weighted by molar-refractivity contribution is -0.139. The lowest BCUT2D eigenvalue weighted by atomic mass is 9.73. The number of anilines is 1. The number of piperidine rings is 4. The van der Waals surface area contributed by atoms with Gasteiger partial charge in [-0.1, -0.05) is 51.4 Å². The lowest BCUT2D eigenvalue weighted by Crippen LogP contribution is -2.73. The summed E-state index contributed by atoms with van der Waals surface area (Å²) in [7, 11) is 0. The summed E-state index contributed by atoms with van der Waals surface area (Å²) in [5, 5.41) is 10.8. The first-order valence-electron chi connectivity index (χ1n) is 19.6. The van der Waals surface area contributed by atoms with Crippen LogP contribution in [0.2, 0.25) is 0 Å². The topological polar surface area (TPSA) is 124 Å². The molecule has 1 saturated carbocycles. The van der Waals surface area contributed by atoms with E-state index in [9.17, 15) is 14.0 Å². The second-order valence-electron chi connectivity index (χ2n) is 15.7. The number of nitrogens with zero attached hydrogens (tertiary/aromatic N) is 6. The van der Waals surface area contributed by atoms with Gasteiger partial charge in [0.2, 0.25) is 5.91 Å². The smallest absolute Gasteiger partial charge is 0.259 e. The molecule has 2 aromatic rings. The van der Waals surface area contributed by atoms with Gasteiger partial charge >= 0.3 is 0 Å². The van der Waals surface area contributed by atoms with Gasteiger partial charge in [0.15, 0.2) is 17.3 Å². The molecule has 5 fully saturated rings. The minimum Gasteiger partial charge on any atom is -0.381 e. The van der Waals surface area contributed by atoms with Crippen molar-refractivity contribution in [3.63, 3.8) is 0 Å². The maximum atomic E-state index is 17.4. The lowest BCUT2D eigenvalue weighted by Gasteiger charge is -2.53. The van der Waals surface area contributed by atoms with E-state index in [-0.39, 0.29) is 28.9 Å². The third-order valence-electron chi connectivity index (χ3n) is 12.7. The number of halogens is 2. The Morgan fingerprint density at radius 1 is 0.860 bits per heavy atom. The van der Waals surface area contributed by atoms with Crippen molar-refractivity contribution in [3.8, 4) is 0 Å². The molecular formula is C37H57F2N9O2. The highest BCUT2D eigenvalue weighted by Gasteiger charge is 2.52. The standard InChI is InChI=1S/C37H57F2N9O2/c38-27-23-41-34-30(33(40)44-48(34)25-27)35(49)43-29-24-42-37(15-7-4-2-1-3-5-8-16-37)32(39)31(29)46-19-11-26(12-20-46)36(50)47-21-13-28(14-22-47)45-17-9-6-10-18-45/h23,25-26,28-29,31-32,42H,1-22,24H2,(H2,40,44)(H,43,49). The van der Waals surface area contributed by atoms with Crippen LogP contribution in [0.4, 0.5) is 14.6 Å². The Balaban J connectivity index is 1.05. The highest BCUT2D eigenvalue weighted by molar-refractivity contribution is 6.04. The SMILES string of the molecule is Nc1nn2cc(F)cnc2c1C(=O)NC1CNC2(CCCCCCCCC2)C(F)C1N1CCC(C(=O)N2CCC(N3CCCCC3)CC2)CC1. The van der Waals surface area contributed by atoms with Crippen molar-refractivity contribution in [1.82, 2.24) is 39.9 Å². The molecule has 2 amide bonds. The number of aromatic nitrogens is 3. The molecule has 13 heteroatoms. The average molecular weight is 698 g/mol. The number of alkyl halides is 1. The van der Waals surface area contributed by atoms with Crippen molar-refractivity contribution >= 4 is 23.3 Å². The molecular weight excluding hydrogens is 640 g/mol. The third kappa shape index (κ3) is 7.51. The van der Waals surface area contributed by atoms with E-state index in [1.54, 1.807) is 0 Å².